The van der Waals surface area contributed by atoms with Crippen LogP contribution < -0.4 is 10.1 Å². The number of methoxy groups -OCH3 is 1. The summed E-state index contributed by atoms with van der Waals surface area (Å²) in [5, 5.41) is 16.0. The van der Waals surface area contributed by atoms with Crippen LogP contribution in [0.1, 0.15) is 43.7 Å². The topological polar surface area (TPSA) is 58.6 Å². The predicted molar refractivity (Wildman–Crippen MR) is 119 cm³/mol. The summed E-state index contributed by atoms with van der Waals surface area (Å²) in [5.74, 6) is 0.488. The Balaban J connectivity index is 1.82. The van der Waals surface area contributed by atoms with Crippen molar-refractivity contribution in [1.29, 1.82) is 0 Å². The van der Waals surface area contributed by atoms with Gasteiger partial charge in [0.05, 0.1) is 7.11 Å². The molecule has 1 atom stereocenters. The number of ketones is 1. The van der Waals surface area contributed by atoms with E-state index in [1.807, 2.05) is 24.3 Å². The van der Waals surface area contributed by atoms with Gasteiger partial charge in [0.1, 0.15) is 0 Å². The first-order valence-corrected chi connectivity index (χ1v) is 10.3. The highest BCUT2D eigenvalue weighted by atomic mass is 16.5. The summed E-state index contributed by atoms with van der Waals surface area (Å²) in [7, 11) is 1.55. The summed E-state index contributed by atoms with van der Waals surface area (Å²) in [5.41, 5.74) is 4.86. The van der Waals surface area contributed by atoms with Crippen LogP contribution in [-0.2, 0) is 4.79 Å². The number of Topliss-reactive ketones (excluding diaryl/α,β-unsaturated/α-hetero) is 1. The fourth-order valence-electron chi connectivity index (χ4n) is 5.01. The Morgan fingerprint density at radius 1 is 1.07 bits per heavy atom. The third-order valence-electron chi connectivity index (χ3n) is 6.29. The van der Waals surface area contributed by atoms with Gasteiger partial charge in [0.25, 0.3) is 0 Å². The zero-order chi connectivity index (χ0) is 21.0. The normalized spacial score (nSPS) is 19.8. The molecule has 0 fully saturated rings. The number of benzene rings is 3. The zero-order valence-corrected chi connectivity index (χ0v) is 17.5. The number of hydrogen-bond acceptors (Lipinski definition) is 4. The molecule has 0 amide bonds. The van der Waals surface area contributed by atoms with E-state index in [1.165, 1.54) is 0 Å². The van der Waals surface area contributed by atoms with Gasteiger partial charge in [0.2, 0.25) is 0 Å². The fourth-order valence-corrected chi connectivity index (χ4v) is 5.01. The van der Waals surface area contributed by atoms with Crippen LogP contribution in [0.3, 0.4) is 0 Å². The molecular formula is C26H25NO3. The van der Waals surface area contributed by atoms with Crippen molar-refractivity contribution in [2.45, 2.75) is 32.6 Å². The molecule has 0 aromatic heterocycles. The lowest BCUT2D eigenvalue weighted by molar-refractivity contribution is -0.118. The van der Waals surface area contributed by atoms with E-state index in [0.717, 1.165) is 45.3 Å². The molecule has 2 N–H and O–H groups in total. The Morgan fingerprint density at radius 3 is 2.67 bits per heavy atom. The van der Waals surface area contributed by atoms with E-state index in [9.17, 15) is 9.90 Å². The lowest BCUT2D eigenvalue weighted by Gasteiger charge is -2.40. The Kier molecular flexibility index (Phi) is 4.14. The number of rotatable bonds is 2. The largest absolute Gasteiger partial charge is 0.504 e. The molecule has 2 aliphatic rings. The Morgan fingerprint density at radius 2 is 1.87 bits per heavy atom. The molecule has 1 aliphatic carbocycles. The van der Waals surface area contributed by atoms with Crippen molar-refractivity contribution >= 4 is 22.2 Å². The van der Waals surface area contributed by atoms with Crippen molar-refractivity contribution < 1.29 is 14.6 Å². The number of nitrogens with one attached hydrogen (secondary N) is 1. The lowest BCUT2D eigenvalue weighted by Crippen LogP contribution is -2.33. The highest BCUT2D eigenvalue weighted by Crippen LogP contribution is 2.51. The molecule has 152 valence electrons. The van der Waals surface area contributed by atoms with E-state index < -0.39 is 0 Å². The van der Waals surface area contributed by atoms with Crippen molar-refractivity contribution in [2.24, 2.45) is 5.41 Å². The molecule has 1 heterocycles. The third kappa shape index (κ3) is 2.86. The van der Waals surface area contributed by atoms with Gasteiger partial charge in [0, 0.05) is 29.3 Å². The van der Waals surface area contributed by atoms with Crippen LogP contribution in [0, 0.1) is 5.41 Å². The minimum Gasteiger partial charge on any atom is -0.504 e. The molecule has 4 heteroatoms. The lowest BCUT2D eigenvalue weighted by atomic mass is 9.68. The summed E-state index contributed by atoms with van der Waals surface area (Å²) in [6.45, 7) is 4.29. The second-order valence-electron chi connectivity index (χ2n) is 9.07. The van der Waals surface area contributed by atoms with Crippen LogP contribution in [0.2, 0.25) is 0 Å². The molecule has 3 aromatic carbocycles. The van der Waals surface area contributed by atoms with Gasteiger partial charge in [-0.2, -0.15) is 0 Å². The van der Waals surface area contributed by atoms with Crippen LogP contribution in [0.5, 0.6) is 11.5 Å². The number of phenols is 1. The molecular weight excluding hydrogens is 374 g/mol. The molecule has 1 aliphatic heterocycles. The van der Waals surface area contributed by atoms with Crippen LogP contribution in [0.25, 0.3) is 10.8 Å². The first-order valence-electron chi connectivity index (χ1n) is 10.3. The van der Waals surface area contributed by atoms with Gasteiger partial charge in [-0.05, 0) is 51.9 Å². The van der Waals surface area contributed by atoms with E-state index in [2.05, 4.69) is 43.4 Å². The molecule has 0 saturated carbocycles. The smallest absolute Gasteiger partial charge is 0.162 e. The molecule has 4 nitrogen and oxygen atoms in total. The quantitative estimate of drug-likeness (QED) is 0.576. The standard InChI is InChI=1S/C26H25NO3/c1-26(2)13-19-25(21(29)14-26)23(16-9-11-20(28)22(12-16)30-3)24-17-7-5-4-6-15(17)8-10-18(24)27-19/h4-12,23,27-28H,13-14H2,1-3H3/t23-/m1/s1. The maximum absolute atomic E-state index is 13.4. The number of aromatic hydroxyl groups is 1. The number of carbonyl (C=O) groups excluding carboxylic acids is 1. The SMILES string of the molecule is COc1cc([C@H]2C3=C(CC(C)(C)CC3=O)Nc3ccc4ccccc4c32)ccc1O. The van der Waals surface area contributed by atoms with Crippen molar-refractivity contribution in [3.63, 3.8) is 0 Å². The molecule has 0 radical (unpaired) electrons. The molecule has 5 rings (SSSR count). The van der Waals surface area contributed by atoms with E-state index in [1.54, 1.807) is 13.2 Å². The van der Waals surface area contributed by atoms with Gasteiger partial charge in [0.15, 0.2) is 17.3 Å². The minimum absolute atomic E-state index is 0.0749. The Labute approximate surface area is 176 Å². The Bertz CT molecular complexity index is 1220. The average Bonchev–Trinajstić information content (AvgIpc) is 2.71. The second kappa shape index (κ2) is 6.63. The number of carbonyl (C=O) groups is 1. The van der Waals surface area contributed by atoms with E-state index in [0.29, 0.717) is 12.2 Å². The molecule has 30 heavy (non-hydrogen) atoms. The average molecular weight is 399 g/mol. The zero-order valence-electron chi connectivity index (χ0n) is 17.5. The number of hydrogen-bond donors (Lipinski definition) is 2. The summed E-state index contributed by atoms with van der Waals surface area (Å²) in [6.07, 6.45) is 1.35. The summed E-state index contributed by atoms with van der Waals surface area (Å²) < 4.78 is 5.38. The minimum atomic E-state index is -0.208. The van der Waals surface area contributed by atoms with Crippen LogP contribution in [-0.4, -0.2) is 18.0 Å². The van der Waals surface area contributed by atoms with Crippen molar-refractivity contribution in [3.8, 4) is 11.5 Å². The van der Waals surface area contributed by atoms with Crippen LogP contribution in [0.4, 0.5) is 5.69 Å². The maximum Gasteiger partial charge on any atom is 0.162 e. The number of ether oxygens (including phenoxy) is 1. The third-order valence-corrected chi connectivity index (χ3v) is 6.29. The second-order valence-corrected chi connectivity index (χ2v) is 9.07. The monoisotopic (exact) mass is 399 g/mol. The fraction of sp³-hybridized carbons (Fsp3) is 0.269. The van der Waals surface area contributed by atoms with Gasteiger partial charge in [-0.1, -0.05) is 50.2 Å². The highest BCUT2D eigenvalue weighted by Gasteiger charge is 2.41. The molecule has 3 aromatic rings. The van der Waals surface area contributed by atoms with Gasteiger partial charge < -0.3 is 15.2 Å². The van der Waals surface area contributed by atoms with Gasteiger partial charge in [-0.25, -0.2) is 0 Å². The van der Waals surface area contributed by atoms with Crippen LogP contribution >= 0.6 is 0 Å². The van der Waals surface area contributed by atoms with Gasteiger partial charge in [-0.15, -0.1) is 0 Å². The van der Waals surface area contributed by atoms with Gasteiger partial charge in [-0.3, -0.25) is 4.79 Å². The van der Waals surface area contributed by atoms with Crippen LogP contribution in [0.15, 0.2) is 65.9 Å². The van der Waals surface area contributed by atoms with Crippen molar-refractivity contribution in [2.75, 3.05) is 12.4 Å². The first-order chi connectivity index (χ1) is 14.4. The highest BCUT2D eigenvalue weighted by molar-refractivity contribution is 6.04. The molecule has 0 spiro atoms. The van der Waals surface area contributed by atoms with Gasteiger partial charge >= 0.3 is 0 Å². The number of phenolic OH excluding ortho intramolecular Hbond substituents is 1. The first kappa shape index (κ1) is 18.7. The van der Waals surface area contributed by atoms with E-state index in [4.69, 9.17) is 4.74 Å². The molecule has 0 bridgehead atoms. The summed E-state index contributed by atoms with van der Waals surface area (Å²) in [6, 6.07) is 17.9. The molecule has 0 saturated heterocycles. The maximum atomic E-state index is 13.4. The summed E-state index contributed by atoms with van der Waals surface area (Å²) >= 11 is 0. The van der Waals surface area contributed by atoms with Crippen molar-refractivity contribution in [1.82, 2.24) is 0 Å². The number of anilines is 1. The molecule has 0 unspecified atom stereocenters. The van der Waals surface area contributed by atoms with Crippen molar-refractivity contribution in [3.05, 3.63) is 77.0 Å². The Hall–Kier alpha value is -3.27. The number of allylic oxidation sites excluding steroid dienone is 2. The summed E-state index contributed by atoms with van der Waals surface area (Å²) in [4.78, 5) is 13.4. The van der Waals surface area contributed by atoms with E-state index >= 15 is 0 Å². The predicted octanol–water partition coefficient (Wildman–Crippen LogP) is 5.75. The number of fused-ring (bicyclic) bond motifs is 3. The van der Waals surface area contributed by atoms with E-state index in [-0.39, 0.29) is 22.9 Å².